The van der Waals surface area contributed by atoms with E-state index < -0.39 is 54.7 Å². The van der Waals surface area contributed by atoms with Crippen LogP contribution in [-0.2, 0) is 19.1 Å². The zero-order valence-corrected chi connectivity index (χ0v) is 22.4. The van der Waals surface area contributed by atoms with Gasteiger partial charge in [0.1, 0.15) is 24.4 Å². The summed E-state index contributed by atoms with van der Waals surface area (Å²) >= 11 is 0. The normalized spacial score (nSPS) is 46.2. The summed E-state index contributed by atoms with van der Waals surface area (Å²) in [6.07, 6.45) is 0.236. The number of rotatable bonds is 6. The Morgan fingerprint density at radius 2 is 1.92 bits per heavy atom. The Morgan fingerprint density at radius 3 is 2.54 bits per heavy atom. The maximum absolute atomic E-state index is 13.5. The molecule has 3 aliphatic carbocycles. The molecule has 9 heteroatoms. The SMILES string of the molecule is C=CC1(C)CCC2=C(C1)C(=O)CC1C2(C)CCC(O)C1(C)COC1OC(CO)C(O)C(O)C1NC(C)=O. The molecule has 9 nitrogen and oxygen atoms in total. The number of aliphatic hydroxyl groups excluding tert-OH is 4. The lowest BCUT2D eigenvalue weighted by atomic mass is 9.46. The molecule has 2 fully saturated rings. The van der Waals surface area contributed by atoms with E-state index in [0.29, 0.717) is 19.3 Å². The number of carbonyl (C=O) groups excluding carboxylic acids is 2. The van der Waals surface area contributed by atoms with Gasteiger partial charge < -0.3 is 35.2 Å². The standard InChI is InChI=1S/C28H43NO8/c1-6-26(3)9-7-17-16(12-26)18(32)11-20-27(17,4)10-8-21(33)28(20,5)14-36-25-22(29-15(2)31)24(35)23(34)19(13-30)37-25/h6,19-25,30,33-35H,1,7-14H2,2-5H3,(H,29,31). The second kappa shape index (κ2) is 10.2. The summed E-state index contributed by atoms with van der Waals surface area (Å²) in [5.41, 5.74) is 0.965. The average Bonchev–Trinajstić information content (AvgIpc) is 2.86. The van der Waals surface area contributed by atoms with Gasteiger partial charge in [-0.05, 0) is 54.4 Å². The summed E-state index contributed by atoms with van der Waals surface area (Å²) < 4.78 is 11.9. The van der Waals surface area contributed by atoms with E-state index >= 15 is 0 Å². The lowest BCUT2D eigenvalue weighted by Gasteiger charge is -2.59. The first-order chi connectivity index (χ1) is 17.3. The van der Waals surface area contributed by atoms with Crippen molar-refractivity contribution in [2.75, 3.05) is 13.2 Å². The van der Waals surface area contributed by atoms with Crippen molar-refractivity contribution in [3.05, 3.63) is 23.8 Å². The van der Waals surface area contributed by atoms with Gasteiger partial charge in [-0.25, -0.2) is 0 Å². The maximum Gasteiger partial charge on any atom is 0.217 e. The van der Waals surface area contributed by atoms with Crippen LogP contribution in [0.2, 0.25) is 0 Å². The van der Waals surface area contributed by atoms with Gasteiger partial charge in [0.2, 0.25) is 5.91 Å². The number of Topliss-reactive ketones (excluding diaryl/α,β-unsaturated/α-hetero) is 1. The van der Waals surface area contributed by atoms with Crippen LogP contribution in [0.1, 0.15) is 66.2 Å². The van der Waals surface area contributed by atoms with Crippen LogP contribution in [0.3, 0.4) is 0 Å². The fourth-order valence-corrected chi connectivity index (χ4v) is 7.33. The van der Waals surface area contributed by atoms with Crippen molar-refractivity contribution in [2.24, 2.45) is 22.2 Å². The molecule has 37 heavy (non-hydrogen) atoms. The lowest BCUT2D eigenvalue weighted by Crippen LogP contribution is -2.65. The number of allylic oxidation sites excluding steroid dienone is 3. The van der Waals surface area contributed by atoms with E-state index in [1.54, 1.807) is 0 Å². The van der Waals surface area contributed by atoms with E-state index in [-0.39, 0.29) is 29.1 Å². The van der Waals surface area contributed by atoms with Crippen molar-refractivity contribution < 1.29 is 39.5 Å². The highest BCUT2D eigenvalue weighted by Crippen LogP contribution is 2.62. The smallest absolute Gasteiger partial charge is 0.217 e. The summed E-state index contributed by atoms with van der Waals surface area (Å²) in [5, 5.41) is 44.4. The van der Waals surface area contributed by atoms with Crippen LogP contribution in [0, 0.1) is 22.2 Å². The van der Waals surface area contributed by atoms with Gasteiger partial charge in [-0.15, -0.1) is 6.58 Å². The largest absolute Gasteiger partial charge is 0.394 e. The zero-order valence-electron chi connectivity index (χ0n) is 22.4. The van der Waals surface area contributed by atoms with E-state index in [0.717, 1.165) is 24.8 Å². The summed E-state index contributed by atoms with van der Waals surface area (Å²) in [5.74, 6) is -0.488. The number of aliphatic hydroxyl groups is 4. The number of nitrogens with one attached hydrogen (secondary N) is 1. The molecule has 0 spiro atoms. The quantitative estimate of drug-likeness (QED) is 0.330. The lowest BCUT2D eigenvalue weighted by molar-refractivity contribution is -0.284. The first-order valence-corrected chi connectivity index (χ1v) is 13.4. The molecule has 1 heterocycles. The molecule has 10 unspecified atom stereocenters. The summed E-state index contributed by atoms with van der Waals surface area (Å²) in [6.45, 7) is 11.0. The van der Waals surface area contributed by atoms with Crippen molar-refractivity contribution in [2.45, 2.75) is 103 Å². The predicted molar refractivity (Wildman–Crippen MR) is 135 cm³/mol. The van der Waals surface area contributed by atoms with E-state index in [2.05, 4.69) is 25.7 Å². The molecule has 4 rings (SSSR count). The van der Waals surface area contributed by atoms with Crippen LogP contribution >= 0.6 is 0 Å². The number of amides is 1. The number of ether oxygens (including phenoxy) is 2. The van der Waals surface area contributed by atoms with Gasteiger partial charge in [-0.3, -0.25) is 9.59 Å². The Balaban J connectivity index is 1.61. The number of hydrogen-bond donors (Lipinski definition) is 5. The van der Waals surface area contributed by atoms with E-state index in [1.807, 2.05) is 13.0 Å². The molecule has 0 aromatic carbocycles. The second-order valence-corrected chi connectivity index (χ2v) is 12.4. The Morgan fingerprint density at radius 1 is 1.22 bits per heavy atom. The molecule has 4 aliphatic rings. The van der Waals surface area contributed by atoms with Crippen LogP contribution in [0.4, 0.5) is 0 Å². The van der Waals surface area contributed by atoms with Crippen LogP contribution in [0.15, 0.2) is 23.8 Å². The molecular weight excluding hydrogens is 478 g/mol. The van der Waals surface area contributed by atoms with E-state index in [9.17, 15) is 30.0 Å². The highest BCUT2D eigenvalue weighted by Gasteiger charge is 2.59. The number of fused-ring (bicyclic) bond motifs is 2. The van der Waals surface area contributed by atoms with Crippen molar-refractivity contribution >= 4 is 11.7 Å². The predicted octanol–water partition coefficient (Wildman–Crippen LogP) is 1.38. The third-order valence-corrected chi connectivity index (χ3v) is 9.87. The minimum Gasteiger partial charge on any atom is -0.394 e. The van der Waals surface area contributed by atoms with Crippen molar-refractivity contribution in [1.82, 2.24) is 5.32 Å². The zero-order chi connectivity index (χ0) is 27.3. The van der Waals surface area contributed by atoms with Crippen molar-refractivity contribution in [3.8, 4) is 0 Å². The Labute approximate surface area is 218 Å². The molecular formula is C28H43NO8. The highest BCUT2D eigenvalue weighted by molar-refractivity contribution is 5.98. The molecule has 0 aromatic heterocycles. The molecule has 1 saturated heterocycles. The number of ketones is 1. The van der Waals surface area contributed by atoms with Crippen LogP contribution in [0.5, 0.6) is 0 Å². The van der Waals surface area contributed by atoms with Gasteiger partial charge in [0, 0.05) is 18.8 Å². The number of hydrogen-bond acceptors (Lipinski definition) is 8. The monoisotopic (exact) mass is 521 g/mol. The van der Waals surface area contributed by atoms with Crippen LogP contribution < -0.4 is 5.32 Å². The average molecular weight is 522 g/mol. The van der Waals surface area contributed by atoms with Crippen LogP contribution in [-0.4, -0.2) is 82.1 Å². The van der Waals surface area contributed by atoms with E-state index in [1.165, 1.54) is 12.5 Å². The third-order valence-electron chi connectivity index (χ3n) is 9.87. The summed E-state index contributed by atoms with van der Waals surface area (Å²) in [6, 6.07) is -1.07. The molecule has 1 aliphatic heterocycles. The molecule has 0 bridgehead atoms. The summed E-state index contributed by atoms with van der Waals surface area (Å²) in [7, 11) is 0. The molecule has 208 valence electrons. The Kier molecular flexibility index (Phi) is 7.80. The molecule has 10 atom stereocenters. The fraction of sp³-hybridized carbons (Fsp3) is 0.786. The van der Waals surface area contributed by atoms with Crippen LogP contribution in [0.25, 0.3) is 0 Å². The van der Waals surface area contributed by atoms with E-state index in [4.69, 9.17) is 9.47 Å². The third kappa shape index (κ3) is 4.83. The molecule has 5 N–H and O–H groups in total. The highest BCUT2D eigenvalue weighted by atomic mass is 16.7. The molecule has 1 amide bonds. The minimum absolute atomic E-state index is 0.0103. The Bertz CT molecular complexity index is 966. The second-order valence-electron chi connectivity index (χ2n) is 12.4. The van der Waals surface area contributed by atoms with Crippen molar-refractivity contribution in [3.63, 3.8) is 0 Å². The minimum atomic E-state index is -1.42. The van der Waals surface area contributed by atoms with Gasteiger partial charge >= 0.3 is 0 Å². The van der Waals surface area contributed by atoms with Gasteiger partial charge in [0.25, 0.3) is 0 Å². The van der Waals surface area contributed by atoms with Gasteiger partial charge in [0.15, 0.2) is 12.1 Å². The van der Waals surface area contributed by atoms with Gasteiger partial charge in [-0.2, -0.15) is 0 Å². The number of carbonyl (C=O) groups is 2. The van der Waals surface area contributed by atoms with Gasteiger partial charge in [-0.1, -0.05) is 32.4 Å². The molecule has 1 saturated carbocycles. The molecule has 0 radical (unpaired) electrons. The maximum atomic E-state index is 13.5. The summed E-state index contributed by atoms with van der Waals surface area (Å²) in [4.78, 5) is 25.3. The van der Waals surface area contributed by atoms with Crippen molar-refractivity contribution in [1.29, 1.82) is 0 Å². The Hall–Kier alpha value is -1.62. The fourth-order valence-electron chi connectivity index (χ4n) is 7.33. The molecule has 0 aromatic rings. The first-order valence-electron chi connectivity index (χ1n) is 13.4. The van der Waals surface area contributed by atoms with Gasteiger partial charge in [0.05, 0.1) is 19.3 Å². The topological polar surface area (TPSA) is 146 Å². The first kappa shape index (κ1) is 28.4.